The molecule has 0 unspecified atom stereocenters. The number of para-hydroxylation sites is 1. The van der Waals surface area contributed by atoms with E-state index in [0.717, 1.165) is 6.42 Å². The SMILES string of the molecule is CCCOc1c(OC)cc(Cl)cc1-c1nc2ccccc2c(=O)[nH]1. The Balaban J connectivity index is 2.24. The second-order valence-electron chi connectivity index (χ2n) is 5.26. The molecule has 0 aliphatic carbocycles. The summed E-state index contributed by atoms with van der Waals surface area (Å²) in [7, 11) is 1.55. The second kappa shape index (κ2) is 6.93. The minimum Gasteiger partial charge on any atom is -0.493 e. The van der Waals surface area contributed by atoms with Crippen LogP contribution in [0.25, 0.3) is 22.3 Å². The molecule has 1 N–H and O–H groups in total. The smallest absolute Gasteiger partial charge is 0.259 e. The molecule has 6 heteroatoms. The number of ether oxygens (including phenoxy) is 2. The van der Waals surface area contributed by atoms with Crippen LogP contribution in [0.3, 0.4) is 0 Å². The van der Waals surface area contributed by atoms with Gasteiger partial charge >= 0.3 is 0 Å². The predicted molar refractivity (Wildman–Crippen MR) is 95.1 cm³/mol. The summed E-state index contributed by atoms with van der Waals surface area (Å²) in [6.07, 6.45) is 0.840. The zero-order valence-electron chi connectivity index (χ0n) is 13.4. The summed E-state index contributed by atoms with van der Waals surface area (Å²) in [4.78, 5) is 19.7. The van der Waals surface area contributed by atoms with Gasteiger partial charge in [0.25, 0.3) is 5.56 Å². The molecule has 0 atom stereocenters. The molecule has 3 rings (SSSR count). The van der Waals surface area contributed by atoms with Gasteiger partial charge in [0.1, 0.15) is 5.82 Å². The Morgan fingerprint density at radius 1 is 1.25 bits per heavy atom. The molecule has 0 amide bonds. The van der Waals surface area contributed by atoms with E-state index < -0.39 is 0 Å². The van der Waals surface area contributed by atoms with E-state index in [1.807, 2.05) is 13.0 Å². The quantitative estimate of drug-likeness (QED) is 0.758. The highest BCUT2D eigenvalue weighted by Gasteiger charge is 2.17. The van der Waals surface area contributed by atoms with Crippen LogP contribution in [0.15, 0.2) is 41.2 Å². The fraction of sp³-hybridized carbons (Fsp3) is 0.222. The lowest BCUT2D eigenvalue weighted by molar-refractivity contribution is 0.295. The first kappa shape index (κ1) is 16.3. The molecule has 0 bridgehead atoms. The molecular formula is C18H17ClN2O3. The molecule has 0 aliphatic heterocycles. The molecule has 2 aromatic carbocycles. The van der Waals surface area contributed by atoms with Gasteiger partial charge in [-0.3, -0.25) is 4.79 Å². The topological polar surface area (TPSA) is 64.2 Å². The fourth-order valence-electron chi connectivity index (χ4n) is 2.46. The largest absolute Gasteiger partial charge is 0.493 e. The molecule has 0 saturated carbocycles. The average Bonchev–Trinajstić information content (AvgIpc) is 2.59. The van der Waals surface area contributed by atoms with E-state index in [1.165, 1.54) is 0 Å². The van der Waals surface area contributed by atoms with Crippen molar-refractivity contribution in [2.45, 2.75) is 13.3 Å². The Labute approximate surface area is 144 Å². The van der Waals surface area contributed by atoms with Crippen LogP contribution < -0.4 is 15.0 Å². The Morgan fingerprint density at radius 3 is 2.79 bits per heavy atom. The van der Waals surface area contributed by atoms with Gasteiger partial charge in [-0.2, -0.15) is 0 Å². The number of aromatic amines is 1. The summed E-state index contributed by atoms with van der Waals surface area (Å²) in [5, 5.41) is 1.01. The van der Waals surface area contributed by atoms with Crippen molar-refractivity contribution >= 4 is 22.5 Å². The van der Waals surface area contributed by atoms with Crippen molar-refractivity contribution in [3.05, 3.63) is 51.8 Å². The predicted octanol–water partition coefficient (Wildman–Crippen LogP) is 4.04. The van der Waals surface area contributed by atoms with Gasteiger partial charge in [0.05, 0.1) is 30.2 Å². The Kier molecular flexibility index (Phi) is 4.71. The number of rotatable bonds is 5. The fourth-order valence-corrected chi connectivity index (χ4v) is 2.67. The van der Waals surface area contributed by atoms with Gasteiger partial charge in [-0.05, 0) is 24.6 Å². The number of nitrogens with one attached hydrogen (secondary N) is 1. The Hall–Kier alpha value is -2.53. The minimum atomic E-state index is -0.212. The van der Waals surface area contributed by atoms with Crippen LogP contribution >= 0.6 is 11.6 Å². The van der Waals surface area contributed by atoms with E-state index in [1.54, 1.807) is 37.4 Å². The van der Waals surface area contributed by atoms with Crippen molar-refractivity contribution in [3.8, 4) is 22.9 Å². The standard InChI is InChI=1S/C18H17ClN2O3/c1-3-8-24-16-13(9-11(19)10-15(16)23-2)17-20-14-7-5-4-6-12(14)18(22)21-17/h4-7,9-10H,3,8H2,1-2H3,(H,20,21,22). The summed E-state index contributed by atoms with van der Waals surface area (Å²) in [6.45, 7) is 2.53. The first-order valence-electron chi connectivity index (χ1n) is 7.63. The molecule has 0 spiro atoms. The van der Waals surface area contributed by atoms with Crippen LogP contribution in [0.1, 0.15) is 13.3 Å². The van der Waals surface area contributed by atoms with Crippen molar-refractivity contribution in [3.63, 3.8) is 0 Å². The maximum atomic E-state index is 12.3. The summed E-state index contributed by atoms with van der Waals surface area (Å²) in [5.41, 5.74) is 0.989. The number of aromatic nitrogens is 2. The molecule has 124 valence electrons. The van der Waals surface area contributed by atoms with Crippen LogP contribution in [0.2, 0.25) is 5.02 Å². The molecule has 0 fully saturated rings. The zero-order valence-corrected chi connectivity index (χ0v) is 14.2. The lowest BCUT2D eigenvalue weighted by Crippen LogP contribution is -2.10. The Bertz CT molecular complexity index is 937. The number of fused-ring (bicyclic) bond motifs is 1. The molecule has 24 heavy (non-hydrogen) atoms. The summed E-state index contributed by atoms with van der Waals surface area (Å²) in [5.74, 6) is 1.41. The number of methoxy groups -OCH3 is 1. The van der Waals surface area contributed by atoms with Crippen LogP contribution in [-0.2, 0) is 0 Å². The van der Waals surface area contributed by atoms with Gasteiger partial charge in [-0.25, -0.2) is 4.98 Å². The van der Waals surface area contributed by atoms with E-state index in [0.29, 0.717) is 45.4 Å². The average molecular weight is 345 g/mol. The molecule has 1 heterocycles. The molecule has 0 aliphatic rings. The van der Waals surface area contributed by atoms with E-state index in [9.17, 15) is 4.79 Å². The second-order valence-corrected chi connectivity index (χ2v) is 5.70. The normalized spacial score (nSPS) is 10.8. The summed E-state index contributed by atoms with van der Waals surface area (Å²) < 4.78 is 11.2. The van der Waals surface area contributed by atoms with Crippen LogP contribution in [0.5, 0.6) is 11.5 Å². The molecule has 0 saturated heterocycles. The van der Waals surface area contributed by atoms with E-state index in [2.05, 4.69) is 9.97 Å². The number of hydrogen-bond donors (Lipinski definition) is 1. The maximum Gasteiger partial charge on any atom is 0.259 e. The minimum absolute atomic E-state index is 0.212. The number of benzene rings is 2. The first-order valence-corrected chi connectivity index (χ1v) is 8.01. The van der Waals surface area contributed by atoms with Crippen molar-refractivity contribution in [1.82, 2.24) is 9.97 Å². The monoisotopic (exact) mass is 344 g/mol. The van der Waals surface area contributed by atoms with Gasteiger partial charge in [0, 0.05) is 11.1 Å². The first-order chi connectivity index (χ1) is 11.6. The lowest BCUT2D eigenvalue weighted by Gasteiger charge is -2.15. The highest BCUT2D eigenvalue weighted by Crippen LogP contribution is 2.39. The van der Waals surface area contributed by atoms with Gasteiger partial charge < -0.3 is 14.5 Å². The Morgan fingerprint density at radius 2 is 2.04 bits per heavy atom. The van der Waals surface area contributed by atoms with E-state index in [4.69, 9.17) is 21.1 Å². The zero-order chi connectivity index (χ0) is 17.1. The molecule has 5 nitrogen and oxygen atoms in total. The third kappa shape index (κ3) is 3.08. The number of H-pyrrole nitrogens is 1. The van der Waals surface area contributed by atoms with E-state index in [-0.39, 0.29) is 5.56 Å². The third-order valence-electron chi connectivity index (χ3n) is 3.56. The lowest BCUT2D eigenvalue weighted by atomic mass is 10.1. The van der Waals surface area contributed by atoms with Crippen molar-refractivity contribution < 1.29 is 9.47 Å². The van der Waals surface area contributed by atoms with Crippen molar-refractivity contribution in [1.29, 1.82) is 0 Å². The number of halogens is 1. The highest BCUT2D eigenvalue weighted by molar-refractivity contribution is 6.31. The van der Waals surface area contributed by atoms with Crippen LogP contribution in [0, 0.1) is 0 Å². The molecule has 1 aromatic heterocycles. The van der Waals surface area contributed by atoms with Gasteiger partial charge in [0.2, 0.25) is 0 Å². The van der Waals surface area contributed by atoms with Crippen LogP contribution in [-0.4, -0.2) is 23.7 Å². The molecular weight excluding hydrogens is 328 g/mol. The van der Waals surface area contributed by atoms with Crippen molar-refractivity contribution in [2.24, 2.45) is 0 Å². The number of nitrogens with zero attached hydrogens (tertiary/aromatic N) is 1. The maximum absolute atomic E-state index is 12.3. The summed E-state index contributed by atoms with van der Waals surface area (Å²) >= 11 is 6.19. The van der Waals surface area contributed by atoms with E-state index >= 15 is 0 Å². The third-order valence-corrected chi connectivity index (χ3v) is 3.78. The van der Waals surface area contributed by atoms with Gasteiger partial charge in [-0.1, -0.05) is 30.7 Å². The highest BCUT2D eigenvalue weighted by atomic mass is 35.5. The summed E-state index contributed by atoms with van der Waals surface area (Å²) in [6, 6.07) is 10.6. The van der Waals surface area contributed by atoms with Gasteiger partial charge in [-0.15, -0.1) is 0 Å². The van der Waals surface area contributed by atoms with Gasteiger partial charge in [0.15, 0.2) is 11.5 Å². The molecule has 3 aromatic rings. The number of hydrogen-bond acceptors (Lipinski definition) is 4. The van der Waals surface area contributed by atoms with Crippen molar-refractivity contribution in [2.75, 3.05) is 13.7 Å². The molecule has 0 radical (unpaired) electrons. The van der Waals surface area contributed by atoms with Crippen LogP contribution in [0.4, 0.5) is 0 Å².